The Balaban J connectivity index is 5.13. The highest BCUT2D eigenvalue weighted by Gasteiger charge is 2.27. The molecule has 1 amide bonds. The number of allylic oxidation sites excluding steroid dienone is 11. The molecule has 0 aliphatic carbocycles. The number of carbonyl (C=O) groups excluding carboxylic acids is 2. The molecule has 0 aromatic rings. The van der Waals surface area contributed by atoms with E-state index in [2.05, 4.69) is 86.8 Å². The Morgan fingerprint density at radius 2 is 0.771 bits per heavy atom. The molecule has 0 heterocycles. The predicted molar refractivity (Wildman–Crippen MR) is 358 cm³/mol. The summed E-state index contributed by atoms with van der Waals surface area (Å²) in [6.07, 6.45) is 81.7. The normalized spacial score (nSPS) is 14.0. The van der Waals surface area contributed by atoms with Gasteiger partial charge in [-0.2, -0.15) is 0 Å². The van der Waals surface area contributed by atoms with Gasteiger partial charge in [-0.1, -0.05) is 312 Å². The lowest BCUT2D eigenvalue weighted by atomic mass is 10.0. The molecule has 3 unspecified atom stereocenters. The molecule has 0 aromatic carbocycles. The van der Waals surface area contributed by atoms with Crippen molar-refractivity contribution in [2.45, 2.75) is 341 Å². The summed E-state index contributed by atoms with van der Waals surface area (Å²) < 4.78 is 30.4. The average Bonchev–Trinajstić information content (AvgIpc) is 3.46. The Kier molecular flexibility index (Phi) is 60.6. The smallest absolute Gasteiger partial charge is 0.306 e. The van der Waals surface area contributed by atoms with Gasteiger partial charge in [0.15, 0.2) is 0 Å². The van der Waals surface area contributed by atoms with Crippen LogP contribution in [0.5, 0.6) is 0 Å². The molecule has 0 fully saturated rings. The summed E-state index contributed by atoms with van der Waals surface area (Å²) in [7, 11) is 1.17. The van der Waals surface area contributed by atoms with Gasteiger partial charge in [-0.05, 0) is 76.7 Å². The van der Waals surface area contributed by atoms with Crippen molar-refractivity contribution in [3.63, 3.8) is 0 Å². The van der Waals surface area contributed by atoms with Crippen molar-refractivity contribution >= 4 is 19.7 Å². The molecule has 0 saturated heterocycles. The van der Waals surface area contributed by atoms with E-state index >= 15 is 0 Å². The molecule has 0 aliphatic rings. The first kappa shape index (κ1) is 80.5. The number of amides is 1. The standard InChI is InChI=1S/C73H135N2O7P/c1-7-10-13-16-19-22-25-28-30-32-34-35-36-37-38-39-41-42-44-47-50-53-56-59-62-65-72(76)74-70(69-81-83(78,79)80-68-67-75(4,5)6)71(64-61-58-55-52-49-46-27-24-21-18-15-12-9-3)82-73(77)66-63-60-57-54-51-48-45-43-40-33-31-29-26-23-20-17-14-11-8-2/h11,14,20,23,29,31,40,43,48,51,61,64,70-71H,7-10,12-13,15-19,21-22,24-28,30,32-39,41-42,44-47,49-50,52-60,62-63,65-69H2,1-6H3,(H-,74,76,78,79)/b14-11-,23-20-,31-29-,43-40-,51-48-,64-61+. The lowest BCUT2D eigenvalue weighted by Gasteiger charge is -2.30. The van der Waals surface area contributed by atoms with E-state index in [0.717, 1.165) is 89.9 Å². The van der Waals surface area contributed by atoms with Crippen LogP contribution in [0.3, 0.4) is 0 Å². The van der Waals surface area contributed by atoms with Gasteiger partial charge in [-0.25, -0.2) is 0 Å². The first-order chi connectivity index (χ1) is 40.4. The molecule has 0 rings (SSSR count). The number of nitrogens with zero attached hydrogens (tertiary/aromatic N) is 1. The number of phosphoric acid groups is 1. The van der Waals surface area contributed by atoms with E-state index in [1.54, 1.807) is 0 Å². The Morgan fingerprint density at radius 3 is 1.17 bits per heavy atom. The zero-order valence-electron chi connectivity index (χ0n) is 55.4. The SMILES string of the molecule is CC/C=C\C/C=C\C/C=C\C/C=C\C/C=C\CCCCCC(=O)OC(/C=C/CCCCCCCCCCCCC)C(COP(=O)([O-])OCC[N+](C)(C)C)NC(=O)CCCCCCCCCCCCCCCCCCCCCCCCCCC. The molecule has 0 saturated carbocycles. The molecule has 0 aromatic heterocycles. The largest absolute Gasteiger partial charge is 0.756 e. The van der Waals surface area contributed by atoms with Gasteiger partial charge in [0.2, 0.25) is 5.91 Å². The third-order valence-corrected chi connectivity index (χ3v) is 16.6. The third kappa shape index (κ3) is 63.8. The van der Waals surface area contributed by atoms with Gasteiger partial charge < -0.3 is 28.5 Å². The van der Waals surface area contributed by atoms with E-state index in [4.69, 9.17) is 13.8 Å². The summed E-state index contributed by atoms with van der Waals surface area (Å²) >= 11 is 0. The Hall–Kier alpha value is -2.55. The van der Waals surface area contributed by atoms with Gasteiger partial charge >= 0.3 is 5.97 Å². The first-order valence-electron chi connectivity index (χ1n) is 35.2. The molecule has 3 atom stereocenters. The fraction of sp³-hybridized carbons (Fsp3) is 0.808. The van der Waals surface area contributed by atoms with Crippen molar-refractivity contribution in [3.05, 3.63) is 72.9 Å². The van der Waals surface area contributed by atoms with Crippen molar-refractivity contribution < 1.29 is 37.3 Å². The van der Waals surface area contributed by atoms with Crippen LogP contribution in [0, 0.1) is 0 Å². The van der Waals surface area contributed by atoms with Gasteiger partial charge in [0.25, 0.3) is 7.82 Å². The zero-order chi connectivity index (χ0) is 60.7. The number of nitrogens with one attached hydrogen (secondary N) is 1. The quantitative estimate of drug-likeness (QED) is 0.0212. The van der Waals surface area contributed by atoms with Crippen LogP contribution in [0.4, 0.5) is 0 Å². The van der Waals surface area contributed by atoms with Crippen LogP contribution in [0.15, 0.2) is 72.9 Å². The van der Waals surface area contributed by atoms with Crippen LogP contribution in [0.25, 0.3) is 0 Å². The summed E-state index contributed by atoms with van der Waals surface area (Å²) in [4.78, 5) is 40.2. The average molecular weight is 1180 g/mol. The maximum atomic E-state index is 13.6. The number of rotatable bonds is 64. The van der Waals surface area contributed by atoms with E-state index in [-0.39, 0.29) is 24.9 Å². The lowest BCUT2D eigenvalue weighted by molar-refractivity contribution is -0.870. The molecule has 9 nitrogen and oxygen atoms in total. The minimum absolute atomic E-state index is 0.0285. The molecule has 10 heteroatoms. The van der Waals surface area contributed by atoms with Crippen molar-refractivity contribution in [2.24, 2.45) is 0 Å². The molecular formula is C73H135N2O7P. The fourth-order valence-corrected chi connectivity index (χ4v) is 11.0. The Labute approximate surface area is 514 Å². The molecule has 0 spiro atoms. The van der Waals surface area contributed by atoms with Gasteiger partial charge in [-0.15, -0.1) is 0 Å². The van der Waals surface area contributed by atoms with Crippen LogP contribution < -0.4 is 10.2 Å². The molecule has 83 heavy (non-hydrogen) atoms. The number of hydrogen-bond acceptors (Lipinski definition) is 7. The van der Waals surface area contributed by atoms with Crippen LogP contribution in [0.1, 0.15) is 329 Å². The van der Waals surface area contributed by atoms with E-state index in [1.807, 2.05) is 33.3 Å². The second kappa shape index (κ2) is 62.5. The second-order valence-electron chi connectivity index (χ2n) is 25.0. The topological polar surface area (TPSA) is 114 Å². The van der Waals surface area contributed by atoms with Gasteiger partial charge in [0.1, 0.15) is 19.3 Å². The van der Waals surface area contributed by atoms with Crippen LogP contribution >= 0.6 is 7.82 Å². The maximum Gasteiger partial charge on any atom is 0.306 e. The molecule has 484 valence electrons. The fourth-order valence-electron chi connectivity index (χ4n) is 10.3. The minimum Gasteiger partial charge on any atom is -0.756 e. The Bertz CT molecular complexity index is 1650. The highest BCUT2D eigenvalue weighted by atomic mass is 31.2. The number of quaternary nitrogens is 1. The van der Waals surface area contributed by atoms with Crippen LogP contribution in [-0.2, 0) is 27.9 Å². The van der Waals surface area contributed by atoms with E-state index in [9.17, 15) is 19.0 Å². The summed E-state index contributed by atoms with van der Waals surface area (Å²) in [6, 6.07) is -0.904. The minimum atomic E-state index is -4.71. The second-order valence-corrected chi connectivity index (χ2v) is 26.4. The highest BCUT2D eigenvalue weighted by molar-refractivity contribution is 7.45. The number of phosphoric ester groups is 1. The predicted octanol–water partition coefficient (Wildman–Crippen LogP) is 21.7. The molecular weight excluding hydrogens is 1050 g/mol. The molecule has 0 aliphatic heterocycles. The number of unbranched alkanes of at least 4 members (excludes halogenated alkanes) is 38. The van der Waals surface area contributed by atoms with Crippen molar-refractivity contribution in [1.82, 2.24) is 5.32 Å². The van der Waals surface area contributed by atoms with Crippen molar-refractivity contribution in [2.75, 3.05) is 40.9 Å². The summed E-state index contributed by atoms with van der Waals surface area (Å²) in [5.74, 6) is -0.567. The van der Waals surface area contributed by atoms with Gasteiger partial charge in [-0.3, -0.25) is 14.2 Å². The van der Waals surface area contributed by atoms with E-state index in [0.29, 0.717) is 23.9 Å². The van der Waals surface area contributed by atoms with Crippen LogP contribution in [-0.4, -0.2) is 69.4 Å². The van der Waals surface area contributed by atoms with Crippen molar-refractivity contribution in [1.29, 1.82) is 0 Å². The zero-order valence-corrected chi connectivity index (χ0v) is 56.3. The van der Waals surface area contributed by atoms with Crippen molar-refractivity contribution in [3.8, 4) is 0 Å². The van der Waals surface area contributed by atoms with Gasteiger partial charge in [0.05, 0.1) is 33.8 Å². The first-order valence-corrected chi connectivity index (χ1v) is 36.7. The number of hydrogen-bond donors (Lipinski definition) is 1. The monoisotopic (exact) mass is 1180 g/mol. The lowest BCUT2D eigenvalue weighted by Crippen LogP contribution is -2.47. The molecule has 1 N–H and O–H groups in total. The summed E-state index contributed by atoms with van der Waals surface area (Å²) in [5.41, 5.74) is 0. The molecule has 0 bridgehead atoms. The van der Waals surface area contributed by atoms with E-state index in [1.165, 1.54) is 199 Å². The summed E-state index contributed by atoms with van der Waals surface area (Å²) in [6.45, 7) is 6.75. The maximum absolute atomic E-state index is 13.6. The Morgan fingerprint density at radius 1 is 0.434 bits per heavy atom. The highest BCUT2D eigenvalue weighted by Crippen LogP contribution is 2.38. The third-order valence-electron chi connectivity index (χ3n) is 15.7. The number of carbonyl (C=O) groups is 2. The number of esters is 1. The number of likely N-dealkylation sites (N-methyl/N-ethyl adjacent to an activating group) is 1. The van der Waals surface area contributed by atoms with Gasteiger partial charge in [0, 0.05) is 12.8 Å². The number of ether oxygens (including phenoxy) is 1. The van der Waals surface area contributed by atoms with Crippen LogP contribution in [0.2, 0.25) is 0 Å². The summed E-state index contributed by atoms with van der Waals surface area (Å²) in [5, 5.41) is 3.04. The van der Waals surface area contributed by atoms with E-state index < -0.39 is 26.6 Å². The molecule has 0 radical (unpaired) electrons.